The third-order valence-electron chi connectivity index (χ3n) is 7.52. The Kier molecular flexibility index (Phi) is 6.77. The van der Waals surface area contributed by atoms with Crippen LogP contribution in [0.2, 0.25) is 0 Å². The number of alkyl halides is 3. The molecule has 1 saturated heterocycles. The van der Waals surface area contributed by atoms with Crippen LogP contribution in [-0.2, 0) is 19.1 Å². The Bertz CT molecular complexity index is 1510. The third-order valence-corrected chi connectivity index (χ3v) is 7.52. The molecule has 9 nitrogen and oxygen atoms in total. The van der Waals surface area contributed by atoms with Crippen LogP contribution in [0.5, 0.6) is 11.8 Å². The number of hydrogen-bond donors (Lipinski definition) is 0. The highest BCUT2D eigenvalue weighted by Gasteiger charge is 2.31. The average Bonchev–Trinajstić information content (AvgIpc) is 3.55. The van der Waals surface area contributed by atoms with Crippen molar-refractivity contribution in [3.8, 4) is 11.8 Å². The van der Waals surface area contributed by atoms with Gasteiger partial charge in [-0.1, -0.05) is 0 Å². The number of furan rings is 1. The van der Waals surface area contributed by atoms with Crippen molar-refractivity contribution in [2.75, 3.05) is 24.6 Å². The summed E-state index contributed by atoms with van der Waals surface area (Å²) in [4.78, 5) is 16.6. The summed E-state index contributed by atoms with van der Waals surface area (Å²) in [5, 5.41) is 11.4. The second-order valence-corrected chi connectivity index (χ2v) is 10.3. The Morgan fingerprint density at radius 1 is 1.05 bits per heavy atom. The number of aromatic nitrogens is 2. The zero-order valence-electron chi connectivity index (χ0n) is 21.5. The molecule has 1 atom stereocenters. The lowest BCUT2D eigenvalue weighted by molar-refractivity contribution is -0.389. The van der Waals surface area contributed by atoms with Crippen molar-refractivity contribution in [2.24, 2.45) is 5.92 Å². The number of anilines is 1. The van der Waals surface area contributed by atoms with Crippen molar-refractivity contribution in [1.82, 2.24) is 9.55 Å². The Morgan fingerprint density at radius 2 is 1.82 bits per heavy atom. The molecule has 0 bridgehead atoms. The van der Waals surface area contributed by atoms with E-state index in [0.717, 1.165) is 49.5 Å². The molecule has 0 N–H and O–H groups in total. The SMILES string of the molecule is O=[N+]([O-])c1cn2c(n1)OC(COc1ccc(N3CCC(Cc4cc5cc(C(F)(F)F)ccc5o4)CC3)cc1)CC2. The summed E-state index contributed by atoms with van der Waals surface area (Å²) in [7, 11) is 0. The molecule has 12 heteroatoms. The van der Waals surface area contributed by atoms with Crippen LogP contribution in [0.4, 0.5) is 24.7 Å². The Labute approximate surface area is 227 Å². The summed E-state index contributed by atoms with van der Waals surface area (Å²) in [6, 6.07) is 13.4. The zero-order valence-corrected chi connectivity index (χ0v) is 21.5. The van der Waals surface area contributed by atoms with E-state index in [1.807, 2.05) is 24.3 Å². The first kappa shape index (κ1) is 26.0. The predicted octanol–water partition coefficient (Wildman–Crippen LogP) is 6.25. The molecule has 1 unspecified atom stereocenters. The summed E-state index contributed by atoms with van der Waals surface area (Å²) in [6.07, 6.45) is 0.0375. The van der Waals surface area contributed by atoms with Crippen LogP contribution in [0.3, 0.4) is 0 Å². The van der Waals surface area contributed by atoms with Gasteiger partial charge in [0.1, 0.15) is 36.0 Å². The van der Waals surface area contributed by atoms with Crippen molar-refractivity contribution in [3.05, 3.63) is 76.2 Å². The van der Waals surface area contributed by atoms with E-state index in [-0.39, 0.29) is 17.9 Å². The molecule has 4 aromatic rings. The number of fused-ring (bicyclic) bond motifs is 2. The van der Waals surface area contributed by atoms with Crippen LogP contribution in [0.25, 0.3) is 11.0 Å². The number of aryl methyl sites for hydroxylation is 1. The second-order valence-electron chi connectivity index (χ2n) is 10.3. The normalized spacial score (nSPS) is 18.0. The van der Waals surface area contributed by atoms with Gasteiger partial charge in [0.2, 0.25) is 0 Å². The van der Waals surface area contributed by atoms with Gasteiger partial charge in [0, 0.05) is 48.5 Å². The van der Waals surface area contributed by atoms with Crippen molar-refractivity contribution in [1.29, 1.82) is 0 Å². The molecule has 210 valence electrons. The van der Waals surface area contributed by atoms with Crippen LogP contribution < -0.4 is 14.4 Å². The lowest BCUT2D eigenvalue weighted by Crippen LogP contribution is -2.34. The molecule has 1 fully saturated rings. The van der Waals surface area contributed by atoms with E-state index in [4.69, 9.17) is 13.9 Å². The number of halogens is 3. The first-order chi connectivity index (χ1) is 19.2. The molecular weight excluding hydrogens is 529 g/mol. The minimum Gasteiger partial charge on any atom is -0.490 e. The highest BCUT2D eigenvalue weighted by atomic mass is 19.4. The number of piperidine rings is 1. The highest BCUT2D eigenvalue weighted by molar-refractivity contribution is 5.78. The van der Waals surface area contributed by atoms with Gasteiger partial charge in [-0.05, 0) is 72.2 Å². The van der Waals surface area contributed by atoms with Gasteiger partial charge in [0.15, 0.2) is 0 Å². The zero-order chi connectivity index (χ0) is 27.9. The molecule has 2 aliphatic heterocycles. The van der Waals surface area contributed by atoms with Crippen LogP contribution in [0.15, 0.2) is 59.1 Å². The summed E-state index contributed by atoms with van der Waals surface area (Å²) in [6.45, 7) is 2.63. The minimum absolute atomic E-state index is 0.228. The van der Waals surface area contributed by atoms with Gasteiger partial charge in [-0.25, -0.2) is 0 Å². The molecule has 2 aliphatic rings. The molecule has 4 heterocycles. The minimum atomic E-state index is -4.37. The van der Waals surface area contributed by atoms with E-state index in [9.17, 15) is 23.3 Å². The molecule has 0 amide bonds. The van der Waals surface area contributed by atoms with Crippen molar-refractivity contribution < 1.29 is 32.0 Å². The monoisotopic (exact) mass is 556 g/mol. The molecule has 0 saturated carbocycles. The summed E-state index contributed by atoms with van der Waals surface area (Å²) < 4.78 is 58.1. The van der Waals surface area contributed by atoms with Gasteiger partial charge in [-0.3, -0.25) is 4.57 Å². The van der Waals surface area contributed by atoms with Gasteiger partial charge >= 0.3 is 18.0 Å². The maximum absolute atomic E-state index is 13.0. The topological polar surface area (TPSA) is 95.8 Å². The largest absolute Gasteiger partial charge is 0.490 e. The van der Waals surface area contributed by atoms with Crippen molar-refractivity contribution >= 4 is 22.5 Å². The van der Waals surface area contributed by atoms with Gasteiger partial charge in [0.25, 0.3) is 0 Å². The van der Waals surface area contributed by atoms with Gasteiger partial charge in [0.05, 0.1) is 5.56 Å². The Morgan fingerprint density at radius 3 is 2.55 bits per heavy atom. The van der Waals surface area contributed by atoms with E-state index < -0.39 is 16.7 Å². The number of nitro groups is 1. The highest BCUT2D eigenvalue weighted by Crippen LogP contribution is 2.34. The summed E-state index contributed by atoms with van der Waals surface area (Å²) in [5.74, 6) is 1.60. The Hall–Kier alpha value is -4.22. The maximum Gasteiger partial charge on any atom is 0.416 e. The van der Waals surface area contributed by atoms with E-state index in [0.29, 0.717) is 48.6 Å². The molecule has 6 rings (SSSR count). The van der Waals surface area contributed by atoms with E-state index in [1.165, 1.54) is 12.3 Å². The van der Waals surface area contributed by atoms with Crippen molar-refractivity contribution in [2.45, 2.75) is 44.5 Å². The number of hydrogen-bond acceptors (Lipinski definition) is 7. The molecule has 0 radical (unpaired) electrons. The van der Waals surface area contributed by atoms with Gasteiger partial charge in [-0.2, -0.15) is 13.2 Å². The summed E-state index contributed by atoms with van der Waals surface area (Å²) >= 11 is 0. The van der Waals surface area contributed by atoms with Gasteiger partial charge < -0.3 is 28.9 Å². The fourth-order valence-corrected chi connectivity index (χ4v) is 5.33. The molecule has 40 heavy (non-hydrogen) atoms. The molecule has 0 spiro atoms. The molecule has 2 aromatic carbocycles. The standard InChI is InChI=1S/C28H27F3N4O5/c29-28(30,31)20-1-6-25-19(14-20)15-24(39-25)13-18-7-10-33(11-8-18)21-2-4-22(5-3-21)38-17-23-9-12-34-16-26(35(36)37)32-27(34)40-23/h1-6,14-16,18,23H,7-13,17H2. The maximum atomic E-state index is 13.0. The fraction of sp³-hybridized carbons (Fsp3) is 0.393. The lowest BCUT2D eigenvalue weighted by atomic mass is 9.92. The van der Waals surface area contributed by atoms with Crippen LogP contribution in [0, 0.1) is 16.0 Å². The van der Waals surface area contributed by atoms with Crippen LogP contribution in [-0.4, -0.2) is 40.3 Å². The number of nitrogens with zero attached hydrogens (tertiary/aromatic N) is 4. The first-order valence-corrected chi connectivity index (χ1v) is 13.2. The number of benzene rings is 2. The third kappa shape index (κ3) is 5.56. The summed E-state index contributed by atoms with van der Waals surface area (Å²) in [5.41, 5.74) is 0.908. The fourth-order valence-electron chi connectivity index (χ4n) is 5.33. The van der Waals surface area contributed by atoms with E-state index in [2.05, 4.69) is 9.88 Å². The number of rotatable bonds is 7. The first-order valence-electron chi connectivity index (χ1n) is 13.2. The Balaban J connectivity index is 0.981. The molecule has 0 aliphatic carbocycles. The van der Waals surface area contributed by atoms with Crippen LogP contribution >= 0.6 is 0 Å². The second kappa shape index (κ2) is 10.4. The van der Waals surface area contributed by atoms with E-state index in [1.54, 1.807) is 10.6 Å². The van der Waals surface area contributed by atoms with Crippen molar-refractivity contribution in [3.63, 3.8) is 0 Å². The predicted molar refractivity (Wildman–Crippen MR) is 140 cm³/mol. The smallest absolute Gasteiger partial charge is 0.416 e. The van der Waals surface area contributed by atoms with Gasteiger partial charge in [-0.15, -0.1) is 0 Å². The van der Waals surface area contributed by atoms with E-state index >= 15 is 0 Å². The number of ether oxygens (including phenoxy) is 2. The number of imidazole rings is 1. The lowest BCUT2D eigenvalue weighted by Gasteiger charge is -2.33. The van der Waals surface area contributed by atoms with Crippen LogP contribution in [0.1, 0.15) is 30.6 Å². The molecular formula is C28H27F3N4O5. The average molecular weight is 557 g/mol. The molecule has 2 aromatic heterocycles. The quantitative estimate of drug-likeness (QED) is 0.196.